The Labute approximate surface area is 141 Å². The summed E-state index contributed by atoms with van der Waals surface area (Å²) in [4.78, 5) is 11.6. The number of nitrogens with zero attached hydrogens (tertiary/aromatic N) is 1. The number of rotatable bonds is 4. The number of nitrogens with two attached hydrogens (primary N) is 1. The number of alkyl halides is 2. The minimum atomic E-state index is -3.02. The van der Waals surface area contributed by atoms with Crippen molar-refractivity contribution in [2.75, 3.05) is 0 Å². The molecule has 3 rings (SSSR count). The van der Waals surface area contributed by atoms with Gasteiger partial charge in [-0.15, -0.1) is 0 Å². The van der Waals surface area contributed by atoms with Gasteiger partial charge >= 0.3 is 6.61 Å². The van der Waals surface area contributed by atoms with Crippen LogP contribution in [0.1, 0.15) is 10.4 Å². The smallest absolute Gasteiger partial charge is 0.387 e. The number of aromatic amines is 1. The normalized spacial score (nSPS) is 11.2. The fourth-order valence-electron chi connectivity index (χ4n) is 2.38. The second kappa shape index (κ2) is 6.16. The Kier molecular flexibility index (Phi) is 4.18. The third-order valence-corrected chi connectivity index (χ3v) is 3.78. The second-order valence-corrected chi connectivity index (χ2v) is 5.75. The average Bonchev–Trinajstić information content (AvgIpc) is 2.89. The lowest BCUT2D eigenvalue weighted by atomic mass is 10.0. The maximum absolute atomic E-state index is 13.6. The molecule has 1 heterocycles. The fourth-order valence-corrected chi connectivity index (χ4v) is 2.81. The second-order valence-electron chi connectivity index (χ2n) is 4.83. The first kappa shape index (κ1) is 16.3. The average molecular weight is 400 g/mol. The molecule has 124 valence electrons. The summed E-state index contributed by atoms with van der Waals surface area (Å²) in [5.41, 5.74) is 5.89. The Hall–Kier alpha value is -2.55. The molecule has 0 spiro atoms. The number of fused-ring (bicyclic) bond motifs is 1. The lowest BCUT2D eigenvalue weighted by Crippen LogP contribution is -2.12. The number of amides is 1. The number of primary amides is 1. The first-order valence-electron chi connectivity index (χ1n) is 6.59. The van der Waals surface area contributed by atoms with Crippen molar-refractivity contribution in [3.8, 4) is 17.0 Å². The largest absolute Gasteiger partial charge is 0.432 e. The maximum atomic E-state index is 13.6. The first-order chi connectivity index (χ1) is 11.4. The number of carbonyl (C=O) groups is 1. The Morgan fingerprint density at radius 1 is 1.29 bits per heavy atom. The first-order valence-corrected chi connectivity index (χ1v) is 7.38. The van der Waals surface area contributed by atoms with E-state index < -0.39 is 18.3 Å². The molecule has 3 aromatic rings. The number of halogens is 4. The van der Waals surface area contributed by atoms with Crippen LogP contribution in [-0.4, -0.2) is 22.7 Å². The van der Waals surface area contributed by atoms with Gasteiger partial charge in [0.15, 0.2) is 5.75 Å². The van der Waals surface area contributed by atoms with Crippen molar-refractivity contribution in [1.29, 1.82) is 0 Å². The van der Waals surface area contributed by atoms with E-state index in [-0.39, 0.29) is 28.1 Å². The van der Waals surface area contributed by atoms with E-state index in [0.29, 0.717) is 9.86 Å². The van der Waals surface area contributed by atoms with Gasteiger partial charge in [-0.3, -0.25) is 9.89 Å². The van der Waals surface area contributed by atoms with Gasteiger partial charge in [-0.05, 0) is 30.3 Å². The molecule has 24 heavy (non-hydrogen) atoms. The van der Waals surface area contributed by atoms with Gasteiger partial charge in [-0.1, -0.05) is 15.9 Å². The van der Waals surface area contributed by atoms with E-state index in [1.807, 2.05) is 0 Å². The summed E-state index contributed by atoms with van der Waals surface area (Å²) >= 11 is 3.19. The highest BCUT2D eigenvalue weighted by atomic mass is 79.9. The molecular formula is C15H9BrF3N3O2. The van der Waals surface area contributed by atoms with Crippen LogP contribution in [-0.2, 0) is 0 Å². The number of H-pyrrole nitrogens is 1. The Bertz CT molecular complexity index is 943. The Balaban J connectivity index is 2.27. The van der Waals surface area contributed by atoms with Crippen LogP contribution in [0.5, 0.6) is 5.75 Å². The summed E-state index contributed by atoms with van der Waals surface area (Å²) < 4.78 is 43.6. The summed E-state index contributed by atoms with van der Waals surface area (Å²) in [6, 6.07) is 6.37. The molecular weight excluding hydrogens is 391 g/mol. The van der Waals surface area contributed by atoms with Gasteiger partial charge in [0.05, 0.1) is 0 Å². The Morgan fingerprint density at radius 2 is 2.04 bits per heavy atom. The molecule has 2 aromatic carbocycles. The van der Waals surface area contributed by atoms with E-state index >= 15 is 0 Å². The minimum Gasteiger partial charge on any atom is -0.432 e. The van der Waals surface area contributed by atoms with Crippen molar-refractivity contribution in [3.63, 3.8) is 0 Å². The fraction of sp³-hybridized carbons (Fsp3) is 0.0667. The SMILES string of the molecule is NC(=O)c1ccc(F)cc1-c1n[nH]c2c(OC(F)F)cc(Br)cc12. The molecule has 0 radical (unpaired) electrons. The third-order valence-electron chi connectivity index (χ3n) is 3.32. The highest BCUT2D eigenvalue weighted by molar-refractivity contribution is 9.10. The van der Waals surface area contributed by atoms with Crippen LogP contribution in [0, 0.1) is 5.82 Å². The van der Waals surface area contributed by atoms with E-state index in [1.54, 1.807) is 6.07 Å². The molecule has 0 bridgehead atoms. The van der Waals surface area contributed by atoms with Crippen LogP contribution in [0.3, 0.4) is 0 Å². The molecule has 9 heteroatoms. The quantitative estimate of drug-likeness (QED) is 0.699. The number of hydrogen-bond donors (Lipinski definition) is 2. The lowest BCUT2D eigenvalue weighted by Gasteiger charge is -2.07. The predicted molar refractivity (Wildman–Crippen MR) is 84.3 cm³/mol. The van der Waals surface area contributed by atoms with Gasteiger partial charge in [-0.2, -0.15) is 13.9 Å². The standard InChI is InChI=1S/C15H9BrF3N3O2/c16-6-3-10-12(9-5-7(17)1-2-8(9)14(20)23)21-22-13(10)11(4-6)24-15(18)19/h1-5,15H,(H2,20,23)(H,21,22). The van der Waals surface area contributed by atoms with Crippen molar-refractivity contribution in [2.24, 2.45) is 5.73 Å². The molecule has 0 atom stereocenters. The van der Waals surface area contributed by atoms with E-state index in [0.717, 1.165) is 12.1 Å². The van der Waals surface area contributed by atoms with Gasteiger partial charge in [0.25, 0.3) is 0 Å². The van der Waals surface area contributed by atoms with E-state index in [4.69, 9.17) is 5.73 Å². The highest BCUT2D eigenvalue weighted by Gasteiger charge is 2.19. The van der Waals surface area contributed by atoms with Gasteiger partial charge in [0.2, 0.25) is 5.91 Å². The Morgan fingerprint density at radius 3 is 2.71 bits per heavy atom. The van der Waals surface area contributed by atoms with E-state index in [2.05, 4.69) is 30.9 Å². The summed E-state index contributed by atoms with van der Waals surface area (Å²) in [5, 5.41) is 6.95. The predicted octanol–water partition coefficient (Wildman–Crippen LogP) is 3.83. The van der Waals surface area contributed by atoms with E-state index in [9.17, 15) is 18.0 Å². The van der Waals surface area contributed by atoms with Gasteiger partial charge in [0.1, 0.15) is 17.0 Å². The van der Waals surface area contributed by atoms with Crippen LogP contribution >= 0.6 is 15.9 Å². The number of aromatic nitrogens is 2. The molecule has 0 aliphatic heterocycles. The summed E-state index contributed by atoms with van der Waals surface area (Å²) in [6.07, 6.45) is 0. The molecule has 0 unspecified atom stereocenters. The zero-order valence-corrected chi connectivity index (χ0v) is 13.4. The van der Waals surface area contributed by atoms with Crippen LogP contribution in [0.15, 0.2) is 34.8 Å². The molecule has 0 saturated carbocycles. The van der Waals surface area contributed by atoms with Crippen molar-refractivity contribution in [1.82, 2.24) is 10.2 Å². The third kappa shape index (κ3) is 2.94. The van der Waals surface area contributed by atoms with E-state index in [1.165, 1.54) is 12.1 Å². The van der Waals surface area contributed by atoms with Crippen LogP contribution in [0.25, 0.3) is 22.2 Å². The zero-order valence-electron chi connectivity index (χ0n) is 11.8. The van der Waals surface area contributed by atoms with Gasteiger partial charge < -0.3 is 10.5 Å². The van der Waals surface area contributed by atoms with Crippen LogP contribution in [0.2, 0.25) is 0 Å². The maximum Gasteiger partial charge on any atom is 0.387 e. The van der Waals surface area contributed by atoms with Crippen molar-refractivity contribution < 1.29 is 22.7 Å². The lowest BCUT2D eigenvalue weighted by molar-refractivity contribution is -0.0489. The topological polar surface area (TPSA) is 81.0 Å². The molecule has 1 amide bonds. The molecule has 0 fully saturated rings. The summed E-state index contributed by atoms with van der Waals surface area (Å²) in [7, 11) is 0. The molecule has 5 nitrogen and oxygen atoms in total. The molecule has 3 N–H and O–H groups in total. The van der Waals surface area contributed by atoms with Gasteiger partial charge in [0, 0.05) is 21.0 Å². The molecule has 0 saturated heterocycles. The zero-order chi connectivity index (χ0) is 17.4. The van der Waals surface area contributed by atoms with Crippen molar-refractivity contribution >= 4 is 32.7 Å². The monoisotopic (exact) mass is 399 g/mol. The number of nitrogens with one attached hydrogen (secondary N) is 1. The van der Waals surface area contributed by atoms with Gasteiger partial charge in [-0.25, -0.2) is 4.39 Å². The number of ether oxygens (including phenoxy) is 1. The molecule has 1 aromatic heterocycles. The van der Waals surface area contributed by atoms with Crippen molar-refractivity contribution in [3.05, 3.63) is 46.2 Å². The summed E-state index contributed by atoms with van der Waals surface area (Å²) in [5.74, 6) is -1.49. The molecule has 0 aliphatic rings. The number of benzene rings is 2. The van der Waals surface area contributed by atoms with Crippen molar-refractivity contribution in [2.45, 2.75) is 6.61 Å². The minimum absolute atomic E-state index is 0.0566. The molecule has 0 aliphatic carbocycles. The van der Waals surface area contributed by atoms with Crippen LogP contribution in [0.4, 0.5) is 13.2 Å². The number of carbonyl (C=O) groups excluding carboxylic acids is 1. The summed E-state index contributed by atoms with van der Waals surface area (Å²) in [6.45, 7) is -3.02. The highest BCUT2D eigenvalue weighted by Crippen LogP contribution is 2.36. The number of hydrogen-bond acceptors (Lipinski definition) is 3. The van der Waals surface area contributed by atoms with Crippen LogP contribution < -0.4 is 10.5 Å².